The summed E-state index contributed by atoms with van der Waals surface area (Å²) in [5.74, 6) is 0.455. The zero-order chi connectivity index (χ0) is 14.8. The summed E-state index contributed by atoms with van der Waals surface area (Å²) in [5.41, 5.74) is 6.89. The van der Waals surface area contributed by atoms with Gasteiger partial charge >= 0.3 is 0 Å². The molecular formula is C16H22N2O2. The molecule has 0 aromatic heterocycles. The molecule has 0 spiro atoms. The molecule has 1 aliphatic rings. The minimum absolute atomic E-state index is 0.0483. The summed E-state index contributed by atoms with van der Waals surface area (Å²) in [4.78, 5) is 16.7. The fourth-order valence-corrected chi connectivity index (χ4v) is 2.66. The van der Waals surface area contributed by atoms with Gasteiger partial charge in [0.15, 0.2) is 5.90 Å². The van der Waals surface area contributed by atoms with Gasteiger partial charge in [0.2, 0.25) is 0 Å². The van der Waals surface area contributed by atoms with Gasteiger partial charge in [-0.25, -0.2) is 0 Å². The Morgan fingerprint density at radius 2 is 2.00 bits per heavy atom. The number of benzene rings is 1. The quantitative estimate of drug-likeness (QED) is 0.861. The van der Waals surface area contributed by atoms with Crippen molar-refractivity contribution < 1.29 is 9.53 Å². The maximum absolute atomic E-state index is 12.5. The lowest BCUT2D eigenvalue weighted by Crippen LogP contribution is -2.39. The zero-order valence-corrected chi connectivity index (χ0v) is 12.3. The van der Waals surface area contributed by atoms with Gasteiger partial charge in [-0.1, -0.05) is 19.1 Å². The van der Waals surface area contributed by atoms with Crippen LogP contribution in [0.2, 0.25) is 0 Å². The van der Waals surface area contributed by atoms with Crippen molar-refractivity contribution in [2.45, 2.75) is 51.6 Å². The maximum atomic E-state index is 12.5. The molecule has 0 saturated carbocycles. The summed E-state index contributed by atoms with van der Waals surface area (Å²) >= 11 is 0. The molecule has 1 atom stereocenters. The number of carbonyl (C=O) groups excluding carboxylic acids is 1. The Kier molecular flexibility index (Phi) is 4.12. The van der Waals surface area contributed by atoms with Gasteiger partial charge in [-0.15, -0.1) is 0 Å². The van der Waals surface area contributed by atoms with Crippen molar-refractivity contribution in [2.24, 2.45) is 4.99 Å². The summed E-state index contributed by atoms with van der Waals surface area (Å²) in [6, 6.07) is 7.54. The molecule has 1 amide bonds. The number of hydrogen-bond donors (Lipinski definition) is 1. The van der Waals surface area contributed by atoms with Gasteiger partial charge in [-0.2, -0.15) is 4.99 Å². The summed E-state index contributed by atoms with van der Waals surface area (Å²) < 4.78 is 5.56. The fraction of sp³-hybridized carbons (Fsp3) is 0.500. The lowest BCUT2D eigenvalue weighted by atomic mass is 9.72. The van der Waals surface area contributed by atoms with Gasteiger partial charge in [0.05, 0.1) is 11.5 Å². The van der Waals surface area contributed by atoms with E-state index in [9.17, 15) is 4.79 Å². The highest BCUT2D eigenvalue weighted by Gasteiger charge is 2.41. The Balaban J connectivity index is 2.31. The third kappa shape index (κ3) is 2.69. The lowest BCUT2D eigenvalue weighted by molar-refractivity contribution is -0.124. The number of carbonyl (C=O) groups is 1. The zero-order valence-electron chi connectivity index (χ0n) is 12.3. The molecule has 2 N–H and O–H groups in total. The van der Waals surface area contributed by atoms with Gasteiger partial charge < -0.3 is 10.5 Å². The van der Waals surface area contributed by atoms with Crippen molar-refractivity contribution in [1.82, 2.24) is 0 Å². The van der Waals surface area contributed by atoms with Crippen LogP contribution >= 0.6 is 0 Å². The molecule has 1 unspecified atom stereocenters. The van der Waals surface area contributed by atoms with Crippen LogP contribution in [0, 0.1) is 0 Å². The minimum Gasteiger partial charge on any atom is -0.478 e. The van der Waals surface area contributed by atoms with Gasteiger partial charge in [-0.3, -0.25) is 4.79 Å². The largest absolute Gasteiger partial charge is 0.478 e. The molecular weight excluding hydrogens is 252 g/mol. The second kappa shape index (κ2) is 5.65. The Labute approximate surface area is 120 Å². The summed E-state index contributed by atoms with van der Waals surface area (Å²) in [5, 5.41) is 0. The van der Waals surface area contributed by atoms with Crippen LogP contribution in [0.5, 0.6) is 0 Å². The minimum atomic E-state index is -0.530. The van der Waals surface area contributed by atoms with E-state index in [2.05, 4.69) is 4.99 Å². The SMILES string of the molecule is CCC1(c2ccc(N)cc2)CCC(OC(C)C)=NC1=O. The van der Waals surface area contributed by atoms with Crippen LogP contribution in [0.15, 0.2) is 29.3 Å². The Morgan fingerprint density at radius 1 is 1.35 bits per heavy atom. The van der Waals surface area contributed by atoms with Gasteiger partial charge in [-0.05, 0) is 44.4 Å². The first-order chi connectivity index (χ1) is 9.48. The van der Waals surface area contributed by atoms with E-state index in [4.69, 9.17) is 10.5 Å². The van der Waals surface area contributed by atoms with Crippen LogP contribution in [0.3, 0.4) is 0 Å². The monoisotopic (exact) mass is 274 g/mol. The van der Waals surface area contributed by atoms with Crippen LogP contribution in [-0.4, -0.2) is 17.9 Å². The molecule has 1 aromatic rings. The molecule has 0 saturated heterocycles. The molecule has 108 valence electrons. The normalized spacial score (nSPS) is 22.8. The van der Waals surface area contributed by atoms with E-state index in [1.54, 1.807) is 0 Å². The van der Waals surface area contributed by atoms with E-state index in [-0.39, 0.29) is 12.0 Å². The highest BCUT2D eigenvalue weighted by molar-refractivity contribution is 6.00. The summed E-state index contributed by atoms with van der Waals surface area (Å²) in [6.45, 7) is 5.90. The Morgan fingerprint density at radius 3 is 2.50 bits per heavy atom. The van der Waals surface area contributed by atoms with E-state index >= 15 is 0 Å². The average Bonchev–Trinajstić information content (AvgIpc) is 2.40. The predicted octanol–water partition coefficient (Wildman–Crippen LogP) is 3.06. The molecule has 0 radical (unpaired) electrons. The number of anilines is 1. The molecule has 1 aromatic carbocycles. The van der Waals surface area contributed by atoms with Gasteiger partial charge in [0, 0.05) is 12.1 Å². The van der Waals surface area contributed by atoms with Crippen molar-refractivity contribution in [1.29, 1.82) is 0 Å². The van der Waals surface area contributed by atoms with E-state index < -0.39 is 5.41 Å². The molecule has 4 nitrogen and oxygen atoms in total. The number of aliphatic imine (C=N–C) groups is 1. The van der Waals surface area contributed by atoms with Crippen molar-refractivity contribution in [3.05, 3.63) is 29.8 Å². The smallest absolute Gasteiger partial charge is 0.259 e. The van der Waals surface area contributed by atoms with Crippen LogP contribution < -0.4 is 5.73 Å². The first-order valence-electron chi connectivity index (χ1n) is 7.12. The topological polar surface area (TPSA) is 64.7 Å². The van der Waals surface area contributed by atoms with Crippen molar-refractivity contribution in [2.75, 3.05) is 5.73 Å². The van der Waals surface area contributed by atoms with Crippen LogP contribution in [0.25, 0.3) is 0 Å². The molecule has 0 bridgehead atoms. The number of hydrogen-bond acceptors (Lipinski definition) is 3. The second-order valence-electron chi connectivity index (χ2n) is 5.53. The van der Waals surface area contributed by atoms with E-state index in [0.29, 0.717) is 18.0 Å². The fourth-order valence-electron chi connectivity index (χ4n) is 2.66. The first kappa shape index (κ1) is 14.6. The number of rotatable bonds is 3. The van der Waals surface area contributed by atoms with E-state index in [1.807, 2.05) is 45.0 Å². The van der Waals surface area contributed by atoms with Gasteiger partial charge in [0.1, 0.15) is 0 Å². The van der Waals surface area contributed by atoms with Crippen LogP contribution in [0.4, 0.5) is 5.69 Å². The maximum Gasteiger partial charge on any atom is 0.259 e. The molecule has 2 rings (SSSR count). The average molecular weight is 274 g/mol. The molecule has 1 heterocycles. The lowest BCUT2D eigenvalue weighted by Gasteiger charge is -2.33. The molecule has 0 fully saturated rings. The third-order valence-electron chi connectivity index (χ3n) is 3.84. The van der Waals surface area contributed by atoms with Crippen LogP contribution in [0.1, 0.15) is 45.6 Å². The molecule has 0 aliphatic carbocycles. The number of nitrogens with zero attached hydrogens (tertiary/aromatic N) is 1. The molecule has 20 heavy (non-hydrogen) atoms. The van der Waals surface area contributed by atoms with Crippen molar-refractivity contribution in [3.8, 4) is 0 Å². The highest BCUT2D eigenvalue weighted by Crippen LogP contribution is 2.37. The third-order valence-corrected chi connectivity index (χ3v) is 3.84. The number of ether oxygens (including phenoxy) is 1. The van der Waals surface area contributed by atoms with Crippen LogP contribution in [-0.2, 0) is 14.9 Å². The highest BCUT2D eigenvalue weighted by atomic mass is 16.5. The Bertz CT molecular complexity index is 520. The van der Waals surface area contributed by atoms with E-state index in [0.717, 1.165) is 18.4 Å². The predicted molar refractivity (Wildman–Crippen MR) is 80.7 cm³/mol. The summed E-state index contributed by atoms with van der Waals surface area (Å²) in [7, 11) is 0. The Hall–Kier alpha value is -1.84. The summed E-state index contributed by atoms with van der Waals surface area (Å²) in [6.07, 6.45) is 2.21. The van der Waals surface area contributed by atoms with Gasteiger partial charge in [0.25, 0.3) is 5.91 Å². The van der Waals surface area contributed by atoms with Crippen molar-refractivity contribution >= 4 is 17.5 Å². The molecule has 4 heteroatoms. The second-order valence-corrected chi connectivity index (χ2v) is 5.53. The van der Waals surface area contributed by atoms with Crippen molar-refractivity contribution in [3.63, 3.8) is 0 Å². The first-order valence-corrected chi connectivity index (χ1v) is 7.12. The van der Waals surface area contributed by atoms with E-state index in [1.165, 1.54) is 0 Å². The standard InChI is InChI=1S/C16H22N2O2/c1-4-16(12-5-7-13(17)8-6-12)10-9-14(18-15(16)19)20-11(2)3/h5-8,11H,4,9-10,17H2,1-3H3. The number of nitrogens with two attached hydrogens (primary N) is 1. The number of amides is 1. The number of nitrogen functional groups attached to an aromatic ring is 1. The molecule has 1 aliphatic heterocycles.